The van der Waals surface area contributed by atoms with Crippen molar-refractivity contribution in [3.63, 3.8) is 0 Å². The quantitative estimate of drug-likeness (QED) is 0.476. The molecular weight excluding hydrogens is 483 g/mol. The number of alkyl halides is 3. The van der Waals surface area contributed by atoms with Gasteiger partial charge in [0.1, 0.15) is 0 Å². The molecule has 0 unspecified atom stereocenters. The van der Waals surface area contributed by atoms with Crippen molar-refractivity contribution in [1.29, 1.82) is 0 Å². The monoisotopic (exact) mass is 505 g/mol. The highest BCUT2D eigenvalue weighted by atomic mass is 32.1. The summed E-state index contributed by atoms with van der Waals surface area (Å²) in [5, 5.41) is 5.16. The molecule has 4 rings (SSSR count). The number of allylic oxidation sites excluding steroid dienone is 1. The van der Waals surface area contributed by atoms with Crippen molar-refractivity contribution in [1.82, 2.24) is 15.8 Å². The van der Waals surface area contributed by atoms with Crippen molar-refractivity contribution in [2.24, 2.45) is 5.10 Å². The van der Waals surface area contributed by atoms with Gasteiger partial charge in [0, 0.05) is 18.8 Å². The second kappa shape index (κ2) is 9.53. The summed E-state index contributed by atoms with van der Waals surface area (Å²) >= 11 is 1.08. The van der Waals surface area contributed by atoms with E-state index in [4.69, 9.17) is 0 Å². The lowest BCUT2D eigenvalue weighted by Crippen LogP contribution is -2.37. The van der Waals surface area contributed by atoms with Crippen LogP contribution < -0.4 is 15.9 Å². The zero-order chi connectivity index (χ0) is 25.3. The van der Waals surface area contributed by atoms with E-state index in [1.165, 1.54) is 12.1 Å². The van der Waals surface area contributed by atoms with Gasteiger partial charge in [0.05, 0.1) is 32.3 Å². The molecule has 1 aromatic heterocycles. The molecular formula is C23H22F3N5O3S. The maximum atomic E-state index is 12.9. The summed E-state index contributed by atoms with van der Waals surface area (Å²) in [5.74, 6) is -1.12. The second-order valence-electron chi connectivity index (χ2n) is 8.09. The van der Waals surface area contributed by atoms with Gasteiger partial charge in [0.25, 0.3) is 17.7 Å². The molecule has 0 spiro atoms. The van der Waals surface area contributed by atoms with E-state index < -0.39 is 23.6 Å². The lowest BCUT2D eigenvalue weighted by atomic mass is 10.1. The molecule has 2 aromatic rings. The molecule has 3 amide bonds. The largest absolute Gasteiger partial charge is 0.416 e. The van der Waals surface area contributed by atoms with Gasteiger partial charge in [0.15, 0.2) is 0 Å². The summed E-state index contributed by atoms with van der Waals surface area (Å²) in [7, 11) is 0. The van der Waals surface area contributed by atoms with E-state index in [9.17, 15) is 27.6 Å². The number of carbonyl (C=O) groups excluding carboxylic acids is 3. The van der Waals surface area contributed by atoms with Gasteiger partial charge in [-0.1, -0.05) is 0 Å². The first kappa shape index (κ1) is 24.5. The van der Waals surface area contributed by atoms with Crippen LogP contribution >= 0.6 is 11.3 Å². The number of benzene rings is 1. The SMILES string of the molecule is CC1=NN(c2ccc(C(F)(F)F)cc2)C(=O)/C1=C(/C)NNC(=O)c1ccc(C(=O)N2CCCC2)s1. The normalized spacial score (nSPS) is 17.5. The van der Waals surface area contributed by atoms with Gasteiger partial charge in [-0.15, -0.1) is 11.3 Å². The number of nitrogens with zero attached hydrogens (tertiary/aromatic N) is 3. The average Bonchev–Trinajstić information content (AvgIpc) is 3.57. The fraction of sp³-hybridized carbons (Fsp3) is 0.304. The van der Waals surface area contributed by atoms with E-state index in [0.29, 0.717) is 34.3 Å². The molecule has 2 N–H and O–H groups in total. The maximum Gasteiger partial charge on any atom is 0.416 e. The number of amides is 3. The third-order valence-electron chi connectivity index (χ3n) is 5.63. The molecule has 1 saturated heterocycles. The number of hydrogen-bond acceptors (Lipinski definition) is 6. The highest BCUT2D eigenvalue weighted by molar-refractivity contribution is 7.15. The van der Waals surface area contributed by atoms with Crippen molar-refractivity contribution >= 4 is 40.5 Å². The molecule has 0 aliphatic carbocycles. The summed E-state index contributed by atoms with van der Waals surface area (Å²) in [6.45, 7) is 4.58. The molecule has 0 bridgehead atoms. The fourth-order valence-corrected chi connectivity index (χ4v) is 4.70. The van der Waals surface area contributed by atoms with Crippen LogP contribution in [0.2, 0.25) is 0 Å². The first-order valence-corrected chi connectivity index (χ1v) is 11.6. The van der Waals surface area contributed by atoms with Crippen molar-refractivity contribution in [3.05, 3.63) is 63.0 Å². The van der Waals surface area contributed by atoms with Crippen molar-refractivity contribution in [2.75, 3.05) is 18.1 Å². The minimum absolute atomic E-state index is 0.0930. The minimum Gasteiger partial charge on any atom is -0.338 e. The first-order chi connectivity index (χ1) is 16.6. The summed E-state index contributed by atoms with van der Waals surface area (Å²) in [5.41, 5.74) is 5.38. The van der Waals surface area contributed by atoms with Gasteiger partial charge in [-0.25, -0.2) is 0 Å². The molecule has 1 aromatic carbocycles. The van der Waals surface area contributed by atoms with E-state index in [-0.39, 0.29) is 17.2 Å². The smallest absolute Gasteiger partial charge is 0.338 e. The molecule has 1 fully saturated rings. The third-order valence-corrected chi connectivity index (χ3v) is 6.70. The lowest BCUT2D eigenvalue weighted by Gasteiger charge is -2.14. The van der Waals surface area contributed by atoms with Gasteiger partial charge in [-0.2, -0.15) is 23.3 Å². The van der Waals surface area contributed by atoms with E-state index in [1.54, 1.807) is 30.9 Å². The molecule has 0 atom stereocenters. The number of thiophene rings is 1. The van der Waals surface area contributed by atoms with E-state index in [2.05, 4.69) is 16.0 Å². The minimum atomic E-state index is -4.48. The summed E-state index contributed by atoms with van der Waals surface area (Å²) in [6, 6.07) is 7.28. The molecule has 35 heavy (non-hydrogen) atoms. The second-order valence-corrected chi connectivity index (χ2v) is 9.17. The Balaban J connectivity index is 1.41. The standard InChI is InChI=1S/C23H22F3N5O3S/c1-13(27-28-20(32)17-9-10-18(35-17)21(33)30-11-3-4-12-30)19-14(2)29-31(22(19)34)16-7-5-15(6-8-16)23(24,25)26/h5-10,27H,3-4,11-12H2,1-2H3,(H,28,32)/b19-13-. The van der Waals surface area contributed by atoms with Gasteiger partial charge >= 0.3 is 6.18 Å². The van der Waals surface area contributed by atoms with Crippen LogP contribution in [0.25, 0.3) is 0 Å². The number of hydrogen-bond donors (Lipinski definition) is 2. The van der Waals surface area contributed by atoms with Crippen LogP contribution in [-0.2, 0) is 11.0 Å². The van der Waals surface area contributed by atoms with Crippen LogP contribution in [0.15, 0.2) is 52.8 Å². The third kappa shape index (κ3) is 5.06. The average molecular weight is 506 g/mol. The number of halogens is 3. The zero-order valence-electron chi connectivity index (χ0n) is 18.9. The fourth-order valence-electron chi connectivity index (χ4n) is 3.83. The Morgan fingerprint density at radius 2 is 1.63 bits per heavy atom. The first-order valence-electron chi connectivity index (χ1n) is 10.8. The van der Waals surface area contributed by atoms with E-state index in [0.717, 1.165) is 41.3 Å². The van der Waals surface area contributed by atoms with Gasteiger partial charge in [0.2, 0.25) is 0 Å². The summed E-state index contributed by atoms with van der Waals surface area (Å²) in [6.07, 6.45) is -2.54. The number of anilines is 1. The Hall–Kier alpha value is -3.67. The van der Waals surface area contributed by atoms with Crippen LogP contribution in [0.4, 0.5) is 18.9 Å². The summed E-state index contributed by atoms with van der Waals surface area (Å²) < 4.78 is 38.4. The van der Waals surface area contributed by atoms with Crippen LogP contribution in [0.5, 0.6) is 0 Å². The van der Waals surface area contributed by atoms with Gasteiger partial charge in [-0.05, 0) is 63.1 Å². The number of hydrazine groups is 1. The molecule has 8 nitrogen and oxygen atoms in total. The molecule has 0 radical (unpaired) electrons. The predicted molar refractivity (Wildman–Crippen MR) is 125 cm³/mol. The van der Waals surface area contributed by atoms with E-state index in [1.807, 2.05) is 0 Å². The van der Waals surface area contributed by atoms with Gasteiger partial charge < -0.3 is 10.3 Å². The topological polar surface area (TPSA) is 94.1 Å². The zero-order valence-corrected chi connectivity index (χ0v) is 19.7. The van der Waals surface area contributed by atoms with Gasteiger partial charge in [-0.3, -0.25) is 19.8 Å². The van der Waals surface area contributed by atoms with Crippen LogP contribution in [0.3, 0.4) is 0 Å². The molecule has 12 heteroatoms. The highest BCUT2D eigenvalue weighted by Crippen LogP contribution is 2.32. The highest BCUT2D eigenvalue weighted by Gasteiger charge is 2.33. The molecule has 2 aliphatic heterocycles. The Morgan fingerprint density at radius 1 is 1.00 bits per heavy atom. The Morgan fingerprint density at radius 3 is 2.26 bits per heavy atom. The number of nitrogens with one attached hydrogen (secondary N) is 2. The Bertz CT molecular complexity index is 1230. The van der Waals surface area contributed by atoms with E-state index >= 15 is 0 Å². The van der Waals surface area contributed by atoms with Crippen LogP contribution in [-0.4, -0.2) is 41.4 Å². The number of rotatable bonds is 5. The molecule has 184 valence electrons. The predicted octanol–water partition coefficient (Wildman–Crippen LogP) is 3.93. The van der Waals surface area contributed by atoms with Crippen LogP contribution in [0, 0.1) is 0 Å². The van der Waals surface area contributed by atoms with Crippen molar-refractivity contribution < 1.29 is 27.6 Å². The lowest BCUT2D eigenvalue weighted by molar-refractivity contribution is -0.137. The molecule has 2 aliphatic rings. The van der Waals surface area contributed by atoms with Crippen molar-refractivity contribution in [2.45, 2.75) is 32.9 Å². The number of hydrazone groups is 1. The number of likely N-dealkylation sites (tertiary alicyclic amines) is 1. The Labute approximate surface area is 203 Å². The Kier molecular flexibility index (Phi) is 6.66. The number of carbonyl (C=O) groups is 3. The molecule has 0 saturated carbocycles. The maximum absolute atomic E-state index is 12.9. The van der Waals surface area contributed by atoms with Crippen molar-refractivity contribution in [3.8, 4) is 0 Å². The molecule has 3 heterocycles. The summed E-state index contributed by atoms with van der Waals surface area (Å²) in [4.78, 5) is 40.5. The van der Waals surface area contributed by atoms with Crippen LogP contribution in [0.1, 0.15) is 51.6 Å².